The molecule has 1 aliphatic carbocycles. The van der Waals surface area contributed by atoms with E-state index < -0.39 is 11.8 Å². The zero-order valence-corrected chi connectivity index (χ0v) is 22.0. The number of fused-ring (bicyclic) bond motifs is 4. The summed E-state index contributed by atoms with van der Waals surface area (Å²) in [5.41, 5.74) is 3.82. The summed E-state index contributed by atoms with van der Waals surface area (Å²) in [5.74, 6) is 0.929. The first-order chi connectivity index (χ1) is 18.1. The van der Waals surface area contributed by atoms with Crippen molar-refractivity contribution < 1.29 is 13.9 Å². The molecule has 1 aromatic carbocycles. The molecule has 0 N–H and O–H groups in total. The summed E-state index contributed by atoms with van der Waals surface area (Å²) in [4.78, 5) is 14.6. The molecule has 2 unspecified atom stereocenters. The summed E-state index contributed by atoms with van der Waals surface area (Å²) in [5, 5.41) is 0.816. The van der Waals surface area contributed by atoms with Crippen LogP contribution in [0.1, 0.15) is 60.9 Å². The highest BCUT2D eigenvalue weighted by Gasteiger charge is 2.50. The number of hydrogen-bond donors (Lipinski definition) is 0. The molecular formula is C29H34ClFN4O2. The maximum Gasteiger partial charge on any atom is 0.318 e. The van der Waals surface area contributed by atoms with E-state index in [1.165, 1.54) is 11.1 Å². The van der Waals surface area contributed by atoms with Gasteiger partial charge in [-0.1, -0.05) is 35.9 Å². The number of rotatable bonds is 4. The number of benzene rings is 1. The number of nitrogens with zero attached hydrogens (tertiary/aromatic N) is 4. The van der Waals surface area contributed by atoms with Crippen molar-refractivity contribution in [3.63, 3.8) is 0 Å². The van der Waals surface area contributed by atoms with Crippen molar-refractivity contribution in [1.82, 2.24) is 14.9 Å². The molecule has 0 saturated carbocycles. The van der Waals surface area contributed by atoms with Crippen LogP contribution >= 0.6 is 11.6 Å². The van der Waals surface area contributed by atoms with Gasteiger partial charge in [-0.25, -0.2) is 4.39 Å². The molecule has 7 rings (SSSR count). The van der Waals surface area contributed by atoms with Gasteiger partial charge in [0.2, 0.25) is 0 Å². The first-order valence-corrected chi connectivity index (χ1v) is 14.2. The van der Waals surface area contributed by atoms with Crippen molar-refractivity contribution in [3.05, 3.63) is 57.8 Å². The zero-order valence-electron chi connectivity index (χ0n) is 21.2. The Morgan fingerprint density at radius 3 is 2.84 bits per heavy atom. The second-order valence-electron chi connectivity index (χ2n) is 11.4. The van der Waals surface area contributed by atoms with Crippen LogP contribution in [0.3, 0.4) is 0 Å². The number of halogens is 2. The molecule has 2 aromatic rings. The monoisotopic (exact) mass is 524 g/mol. The molecule has 0 amide bonds. The fourth-order valence-electron chi connectivity index (χ4n) is 7.35. The lowest BCUT2D eigenvalue weighted by Crippen LogP contribution is -2.43. The fourth-order valence-corrected chi connectivity index (χ4v) is 7.62. The summed E-state index contributed by atoms with van der Waals surface area (Å²) < 4.78 is 27.4. The Morgan fingerprint density at radius 2 is 1.97 bits per heavy atom. The lowest BCUT2D eigenvalue weighted by Gasteiger charge is -2.37. The number of anilines is 1. The van der Waals surface area contributed by atoms with Gasteiger partial charge in [0.15, 0.2) is 0 Å². The lowest BCUT2D eigenvalue weighted by atomic mass is 9.87. The molecule has 2 saturated heterocycles. The fraction of sp³-hybridized carbons (Fsp3) is 0.586. The van der Waals surface area contributed by atoms with Gasteiger partial charge in [0.1, 0.15) is 18.6 Å². The van der Waals surface area contributed by atoms with Gasteiger partial charge in [0.25, 0.3) is 0 Å². The third-order valence-corrected chi connectivity index (χ3v) is 9.57. The van der Waals surface area contributed by atoms with Crippen LogP contribution in [0.2, 0.25) is 5.02 Å². The average Bonchev–Trinajstić information content (AvgIpc) is 3.44. The normalized spacial score (nSPS) is 30.9. The minimum absolute atomic E-state index is 0.225. The highest BCUT2D eigenvalue weighted by Crippen LogP contribution is 2.49. The van der Waals surface area contributed by atoms with Crippen LogP contribution in [0, 0.1) is 0 Å². The molecule has 5 aliphatic rings. The molecule has 2 fully saturated rings. The number of hydrogen-bond acceptors (Lipinski definition) is 6. The Kier molecular flexibility index (Phi) is 5.94. The van der Waals surface area contributed by atoms with E-state index in [1.54, 1.807) is 0 Å². The maximum absolute atomic E-state index is 14.3. The van der Waals surface area contributed by atoms with Crippen molar-refractivity contribution in [1.29, 1.82) is 0 Å². The Morgan fingerprint density at radius 1 is 1.11 bits per heavy atom. The summed E-state index contributed by atoms with van der Waals surface area (Å²) in [6, 6.07) is 6.55. The summed E-state index contributed by atoms with van der Waals surface area (Å²) in [6.45, 7) is 4.19. The zero-order chi connectivity index (χ0) is 25.0. The quantitative estimate of drug-likeness (QED) is 0.515. The van der Waals surface area contributed by atoms with E-state index in [0.29, 0.717) is 38.6 Å². The third-order valence-electron chi connectivity index (χ3n) is 9.21. The van der Waals surface area contributed by atoms with E-state index in [9.17, 15) is 4.39 Å². The van der Waals surface area contributed by atoms with Crippen LogP contribution in [0.15, 0.2) is 30.4 Å². The molecular weight excluding hydrogens is 491 g/mol. The highest BCUT2D eigenvalue weighted by molar-refractivity contribution is 6.31. The molecule has 8 heteroatoms. The van der Waals surface area contributed by atoms with E-state index in [0.717, 1.165) is 80.3 Å². The van der Waals surface area contributed by atoms with Gasteiger partial charge in [-0.2, -0.15) is 9.97 Å². The second-order valence-corrected chi connectivity index (χ2v) is 11.8. The minimum Gasteiger partial charge on any atom is -0.461 e. The van der Waals surface area contributed by atoms with Crippen molar-refractivity contribution in [2.75, 3.05) is 37.7 Å². The second kappa shape index (κ2) is 9.21. The summed E-state index contributed by atoms with van der Waals surface area (Å²) in [7, 11) is 0. The van der Waals surface area contributed by atoms with Gasteiger partial charge in [-0.05, 0) is 62.3 Å². The van der Waals surface area contributed by atoms with Gasteiger partial charge in [-0.15, -0.1) is 0 Å². The van der Waals surface area contributed by atoms with Gasteiger partial charge < -0.3 is 14.4 Å². The highest BCUT2D eigenvalue weighted by atomic mass is 35.5. The molecule has 37 heavy (non-hydrogen) atoms. The molecule has 4 aliphatic heterocycles. The first-order valence-electron chi connectivity index (χ1n) is 13.8. The molecule has 6 nitrogen and oxygen atoms in total. The Hall–Kier alpha value is -2.22. The minimum atomic E-state index is -0.778. The molecule has 0 radical (unpaired) electrons. The van der Waals surface area contributed by atoms with E-state index in [-0.39, 0.29) is 5.54 Å². The lowest BCUT2D eigenvalue weighted by molar-refractivity contribution is -0.0730. The van der Waals surface area contributed by atoms with E-state index in [1.807, 2.05) is 12.1 Å². The predicted molar refractivity (Wildman–Crippen MR) is 141 cm³/mol. The molecule has 1 aromatic heterocycles. The van der Waals surface area contributed by atoms with Crippen LogP contribution in [0.25, 0.3) is 0 Å². The van der Waals surface area contributed by atoms with E-state index in [2.05, 4.69) is 28.0 Å². The third kappa shape index (κ3) is 4.05. The molecule has 196 valence electrons. The summed E-state index contributed by atoms with van der Waals surface area (Å²) in [6.07, 6.45) is 10.8. The van der Waals surface area contributed by atoms with Gasteiger partial charge >= 0.3 is 6.01 Å². The topological polar surface area (TPSA) is 50.7 Å². The van der Waals surface area contributed by atoms with Crippen LogP contribution in [-0.2, 0) is 29.8 Å². The largest absolute Gasteiger partial charge is 0.461 e. The van der Waals surface area contributed by atoms with E-state index >= 15 is 0 Å². The number of ether oxygens (including phenoxy) is 2. The predicted octanol–water partition coefficient (Wildman–Crippen LogP) is 5.16. The first kappa shape index (κ1) is 23.9. The Balaban J connectivity index is 1.23. The van der Waals surface area contributed by atoms with Gasteiger partial charge in [0, 0.05) is 43.1 Å². The number of alkyl halides is 1. The average molecular weight is 525 g/mol. The van der Waals surface area contributed by atoms with Crippen molar-refractivity contribution in [3.8, 4) is 6.01 Å². The van der Waals surface area contributed by atoms with Gasteiger partial charge in [-0.3, -0.25) is 4.90 Å². The van der Waals surface area contributed by atoms with Crippen molar-refractivity contribution in [2.24, 2.45) is 0 Å². The van der Waals surface area contributed by atoms with E-state index in [4.69, 9.17) is 31.0 Å². The van der Waals surface area contributed by atoms with Crippen molar-refractivity contribution >= 4 is 17.4 Å². The molecule has 5 heterocycles. The Labute approximate surface area is 222 Å². The number of aromatic nitrogens is 2. The Bertz CT molecular complexity index is 1230. The van der Waals surface area contributed by atoms with Crippen LogP contribution in [-0.4, -0.2) is 59.4 Å². The standard InChI is InChI=1S/C29H34ClFN4O2/c30-24-8-5-7-23-21(24)9-11-29(23)16-25-22(18-37-29)26(34-12-3-1-2-4-13-34)33-27(32-25)36-19-28-10-6-14-35(28)17-20(31)15-28/h1-2,5,7-8,20H,3-4,6,9-19H2/t20?,28-,29?/m0/s1. The molecule has 3 atom stereocenters. The van der Waals surface area contributed by atoms with Crippen LogP contribution in [0.4, 0.5) is 10.2 Å². The molecule has 1 spiro atoms. The van der Waals surface area contributed by atoms with Gasteiger partial charge in [0.05, 0.1) is 23.4 Å². The van der Waals surface area contributed by atoms with Crippen molar-refractivity contribution in [2.45, 2.75) is 75.3 Å². The molecule has 0 bridgehead atoms. The SMILES string of the molecule is FC1CN2CCC[C@@]2(COc2nc3c(c(N4CCC=CCC4)n2)COC2(CCc4c(Cl)cccc42)C3)C1. The summed E-state index contributed by atoms with van der Waals surface area (Å²) >= 11 is 6.55. The maximum atomic E-state index is 14.3. The van der Waals surface area contributed by atoms with Crippen LogP contribution in [0.5, 0.6) is 6.01 Å². The van der Waals surface area contributed by atoms with Crippen LogP contribution < -0.4 is 9.64 Å². The smallest absolute Gasteiger partial charge is 0.318 e.